The van der Waals surface area contributed by atoms with Crippen molar-refractivity contribution in [3.8, 4) is 0 Å². The van der Waals surface area contributed by atoms with Gasteiger partial charge in [0.15, 0.2) is 0 Å². The highest BCUT2D eigenvalue weighted by atomic mass is 16.6. The number of hydrogen-bond donors (Lipinski definition) is 1. The van der Waals surface area contributed by atoms with Crippen LogP contribution in [0.3, 0.4) is 0 Å². The van der Waals surface area contributed by atoms with Gasteiger partial charge in [0.1, 0.15) is 24.2 Å². The zero-order valence-electron chi connectivity index (χ0n) is 14.5. The molecule has 25 heavy (non-hydrogen) atoms. The van der Waals surface area contributed by atoms with E-state index in [-0.39, 0.29) is 11.7 Å². The van der Waals surface area contributed by atoms with E-state index in [9.17, 15) is 10.1 Å². The van der Waals surface area contributed by atoms with Crippen molar-refractivity contribution in [1.29, 1.82) is 0 Å². The maximum absolute atomic E-state index is 10.9. The maximum atomic E-state index is 10.9. The van der Waals surface area contributed by atoms with Gasteiger partial charge in [0.2, 0.25) is 0 Å². The van der Waals surface area contributed by atoms with Gasteiger partial charge in [-0.05, 0) is 32.3 Å². The van der Waals surface area contributed by atoms with Crippen LogP contribution in [-0.4, -0.2) is 39.0 Å². The average Bonchev–Trinajstić information content (AvgIpc) is 2.62. The van der Waals surface area contributed by atoms with Crippen molar-refractivity contribution in [2.75, 3.05) is 23.3 Å². The van der Waals surface area contributed by atoms with E-state index in [0.29, 0.717) is 11.4 Å². The Bertz CT molecular complexity index is 767. The first-order valence-electron chi connectivity index (χ1n) is 8.50. The Morgan fingerprint density at radius 2 is 2.20 bits per heavy atom. The molecule has 3 heterocycles. The Morgan fingerprint density at radius 3 is 2.92 bits per heavy atom. The third kappa shape index (κ3) is 4.01. The Kier molecular flexibility index (Phi) is 5.06. The molecule has 1 aliphatic rings. The van der Waals surface area contributed by atoms with Gasteiger partial charge in [0, 0.05) is 36.5 Å². The lowest BCUT2D eigenvalue weighted by molar-refractivity contribution is -0.385. The minimum Gasteiger partial charge on any atom is -0.366 e. The number of rotatable bonds is 5. The van der Waals surface area contributed by atoms with Crippen LogP contribution in [0.1, 0.15) is 31.0 Å². The van der Waals surface area contributed by atoms with Crippen LogP contribution in [0.5, 0.6) is 0 Å². The Balaban J connectivity index is 1.69. The summed E-state index contributed by atoms with van der Waals surface area (Å²) in [7, 11) is 0. The molecule has 2 aromatic rings. The van der Waals surface area contributed by atoms with Gasteiger partial charge in [-0.1, -0.05) is 6.92 Å². The van der Waals surface area contributed by atoms with Gasteiger partial charge in [-0.3, -0.25) is 10.1 Å². The fourth-order valence-electron chi connectivity index (χ4n) is 3.08. The lowest BCUT2D eigenvalue weighted by Gasteiger charge is -2.34. The Morgan fingerprint density at radius 1 is 1.36 bits per heavy atom. The molecule has 2 aromatic heterocycles. The van der Waals surface area contributed by atoms with E-state index in [1.54, 1.807) is 19.3 Å². The molecule has 1 unspecified atom stereocenters. The van der Waals surface area contributed by atoms with E-state index >= 15 is 0 Å². The number of nitrogens with one attached hydrogen (secondary N) is 1. The highest BCUT2D eigenvalue weighted by Crippen LogP contribution is 2.23. The predicted octanol–water partition coefficient (Wildman–Crippen LogP) is 2.73. The first-order valence-corrected chi connectivity index (χ1v) is 8.50. The summed E-state index contributed by atoms with van der Waals surface area (Å²) in [4.78, 5) is 25.6. The van der Waals surface area contributed by atoms with Gasteiger partial charge >= 0.3 is 0 Å². The number of aromatic nitrogens is 3. The molecule has 1 fully saturated rings. The highest BCUT2D eigenvalue weighted by Gasteiger charge is 2.22. The molecule has 0 amide bonds. The van der Waals surface area contributed by atoms with Crippen molar-refractivity contribution in [2.24, 2.45) is 0 Å². The van der Waals surface area contributed by atoms with Crippen molar-refractivity contribution in [1.82, 2.24) is 15.0 Å². The number of pyridine rings is 1. The van der Waals surface area contributed by atoms with Crippen LogP contribution < -0.4 is 10.2 Å². The molecule has 0 bridgehead atoms. The lowest BCUT2D eigenvalue weighted by atomic mass is 10.1. The van der Waals surface area contributed by atoms with Crippen LogP contribution in [0.4, 0.5) is 17.3 Å². The largest absolute Gasteiger partial charge is 0.366 e. The summed E-state index contributed by atoms with van der Waals surface area (Å²) in [6.07, 6.45) is 5.90. The number of hydrogen-bond acceptors (Lipinski definition) is 7. The van der Waals surface area contributed by atoms with Gasteiger partial charge in [-0.15, -0.1) is 0 Å². The molecule has 1 atom stereocenters. The Hall–Kier alpha value is -2.77. The molecule has 132 valence electrons. The number of nitrogens with zero attached hydrogens (tertiary/aromatic N) is 5. The maximum Gasteiger partial charge on any atom is 0.290 e. The molecular weight excluding hydrogens is 320 g/mol. The van der Waals surface area contributed by atoms with Gasteiger partial charge in [-0.2, -0.15) is 0 Å². The molecule has 1 saturated heterocycles. The zero-order chi connectivity index (χ0) is 17.8. The molecule has 0 radical (unpaired) electrons. The van der Waals surface area contributed by atoms with E-state index in [1.165, 1.54) is 6.20 Å². The van der Waals surface area contributed by atoms with Crippen LogP contribution in [0.25, 0.3) is 0 Å². The average molecular weight is 342 g/mol. The number of nitro groups is 1. The summed E-state index contributed by atoms with van der Waals surface area (Å²) < 4.78 is 0. The van der Waals surface area contributed by atoms with Crippen LogP contribution >= 0.6 is 0 Å². The van der Waals surface area contributed by atoms with Gasteiger partial charge in [0.25, 0.3) is 5.69 Å². The van der Waals surface area contributed by atoms with Gasteiger partial charge in [0.05, 0.1) is 4.92 Å². The molecule has 8 heteroatoms. The highest BCUT2D eigenvalue weighted by molar-refractivity contribution is 5.48. The standard InChI is InChI=1S/C17H22N6O2/c1-3-13-8-17(20-11-19-13)22-6-4-5-14(10-22)21-16-7-12(2)15(9-18-16)23(24)25/h7-9,11,14H,3-6,10H2,1-2H3,(H,18,21). The normalized spacial score (nSPS) is 17.4. The van der Waals surface area contributed by atoms with E-state index in [2.05, 4.69) is 32.1 Å². The lowest BCUT2D eigenvalue weighted by Crippen LogP contribution is -2.42. The SMILES string of the molecule is CCc1cc(N2CCCC(Nc3cc(C)c([N+](=O)[O-])cn3)C2)ncn1. The number of piperidine rings is 1. The second kappa shape index (κ2) is 7.42. The van der Waals surface area contributed by atoms with E-state index in [1.807, 2.05) is 6.07 Å². The van der Waals surface area contributed by atoms with Crippen LogP contribution in [0, 0.1) is 17.0 Å². The number of anilines is 2. The summed E-state index contributed by atoms with van der Waals surface area (Å²) >= 11 is 0. The minimum absolute atomic E-state index is 0.0453. The Labute approximate surface area is 146 Å². The monoisotopic (exact) mass is 342 g/mol. The summed E-state index contributed by atoms with van der Waals surface area (Å²) in [5.74, 6) is 1.62. The molecule has 3 rings (SSSR count). The van der Waals surface area contributed by atoms with E-state index in [4.69, 9.17) is 0 Å². The first-order chi connectivity index (χ1) is 12.1. The topological polar surface area (TPSA) is 97.1 Å². The summed E-state index contributed by atoms with van der Waals surface area (Å²) in [6, 6.07) is 4.00. The van der Waals surface area contributed by atoms with Crippen LogP contribution in [0.15, 0.2) is 24.7 Å². The molecule has 1 N–H and O–H groups in total. The molecule has 1 aliphatic heterocycles. The van der Waals surface area contributed by atoms with Crippen molar-refractivity contribution >= 4 is 17.3 Å². The summed E-state index contributed by atoms with van der Waals surface area (Å²) in [6.45, 7) is 5.59. The van der Waals surface area contributed by atoms with Crippen molar-refractivity contribution in [3.05, 3.63) is 46.0 Å². The third-order valence-corrected chi connectivity index (χ3v) is 4.45. The number of aryl methyl sites for hydroxylation is 2. The second-order valence-corrected chi connectivity index (χ2v) is 6.26. The molecular formula is C17H22N6O2. The molecule has 8 nitrogen and oxygen atoms in total. The second-order valence-electron chi connectivity index (χ2n) is 6.26. The summed E-state index contributed by atoms with van der Waals surface area (Å²) in [5, 5.41) is 14.3. The van der Waals surface area contributed by atoms with Gasteiger partial charge in [-0.25, -0.2) is 15.0 Å². The quantitative estimate of drug-likeness (QED) is 0.659. The molecule has 0 aromatic carbocycles. The smallest absolute Gasteiger partial charge is 0.290 e. The molecule has 0 aliphatic carbocycles. The van der Waals surface area contributed by atoms with Crippen molar-refractivity contribution in [2.45, 2.75) is 39.2 Å². The summed E-state index contributed by atoms with van der Waals surface area (Å²) in [5.41, 5.74) is 1.69. The fourth-order valence-corrected chi connectivity index (χ4v) is 3.08. The van der Waals surface area contributed by atoms with Gasteiger partial charge < -0.3 is 10.2 Å². The minimum atomic E-state index is -0.408. The predicted molar refractivity (Wildman–Crippen MR) is 95.9 cm³/mol. The molecule has 0 saturated carbocycles. The van der Waals surface area contributed by atoms with Crippen LogP contribution in [-0.2, 0) is 6.42 Å². The molecule has 0 spiro atoms. The van der Waals surface area contributed by atoms with Crippen LogP contribution in [0.2, 0.25) is 0 Å². The van der Waals surface area contributed by atoms with E-state index in [0.717, 1.165) is 43.9 Å². The van der Waals surface area contributed by atoms with E-state index < -0.39 is 4.92 Å². The van der Waals surface area contributed by atoms with Crippen molar-refractivity contribution < 1.29 is 4.92 Å². The third-order valence-electron chi connectivity index (χ3n) is 4.45. The first kappa shape index (κ1) is 17.1. The fraction of sp³-hybridized carbons (Fsp3) is 0.471. The van der Waals surface area contributed by atoms with Crippen molar-refractivity contribution in [3.63, 3.8) is 0 Å². The zero-order valence-corrected chi connectivity index (χ0v) is 14.5.